The molecular formula is C12H17N7O2. The van der Waals surface area contributed by atoms with E-state index in [4.69, 9.17) is 0 Å². The summed E-state index contributed by atoms with van der Waals surface area (Å²) in [6.45, 7) is 4.83. The lowest BCUT2D eigenvalue weighted by atomic mass is 10.2. The number of anilines is 2. The Hall–Kier alpha value is -2.71. The molecule has 2 aromatic rings. The quantitative estimate of drug-likeness (QED) is 0.612. The zero-order valence-electron chi connectivity index (χ0n) is 12.1. The maximum Gasteiger partial charge on any atom is 0.329 e. The zero-order valence-corrected chi connectivity index (χ0v) is 12.1. The Bertz CT molecular complexity index is 653. The molecule has 2 heterocycles. The minimum atomic E-state index is -0.506. The predicted molar refractivity (Wildman–Crippen MR) is 78.1 cm³/mol. The molecular weight excluding hydrogens is 274 g/mol. The SMILES string of the molecule is CCNc1ncc([N+](=O)[O-])c(NCc2cn(C)nc2C)n1. The topological polar surface area (TPSA) is 111 Å². The number of rotatable bonds is 6. The number of nitrogens with zero attached hydrogens (tertiary/aromatic N) is 5. The number of hydrogen-bond acceptors (Lipinski definition) is 7. The van der Waals surface area contributed by atoms with E-state index in [1.807, 2.05) is 27.1 Å². The normalized spacial score (nSPS) is 10.4. The van der Waals surface area contributed by atoms with Crippen LogP contribution in [-0.2, 0) is 13.6 Å². The van der Waals surface area contributed by atoms with E-state index in [0.717, 1.165) is 11.3 Å². The Kier molecular flexibility index (Phi) is 4.31. The van der Waals surface area contributed by atoms with Gasteiger partial charge in [0.2, 0.25) is 11.8 Å². The van der Waals surface area contributed by atoms with Gasteiger partial charge in [-0.05, 0) is 13.8 Å². The zero-order chi connectivity index (χ0) is 15.4. The highest BCUT2D eigenvalue weighted by molar-refractivity contribution is 5.57. The Balaban J connectivity index is 2.22. The van der Waals surface area contributed by atoms with Crippen LogP contribution in [0.2, 0.25) is 0 Å². The highest BCUT2D eigenvalue weighted by Crippen LogP contribution is 2.22. The van der Waals surface area contributed by atoms with Crippen molar-refractivity contribution in [2.24, 2.45) is 7.05 Å². The number of aromatic nitrogens is 4. The molecule has 21 heavy (non-hydrogen) atoms. The highest BCUT2D eigenvalue weighted by atomic mass is 16.6. The molecule has 9 heteroatoms. The molecule has 0 aliphatic rings. The molecule has 0 aromatic carbocycles. The fourth-order valence-electron chi connectivity index (χ4n) is 1.88. The van der Waals surface area contributed by atoms with Gasteiger partial charge in [-0.1, -0.05) is 0 Å². The van der Waals surface area contributed by atoms with Crippen molar-refractivity contribution >= 4 is 17.5 Å². The summed E-state index contributed by atoms with van der Waals surface area (Å²) in [4.78, 5) is 18.6. The number of aryl methyl sites for hydroxylation is 2. The molecule has 0 fully saturated rings. The maximum atomic E-state index is 11.0. The molecule has 0 aliphatic carbocycles. The average Bonchev–Trinajstić information content (AvgIpc) is 2.75. The summed E-state index contributed by atoms with van der Waals surface area (Å²) in [7, 11) is 1.83. The third-order valence-electron chi connectivity index (χ3n) is 2.86. The minimum absolute atomic E-state index is 0.154. The monoisotopic (exact) mass is 291 g/mol. The maximum absolute atomic E-state index is 11.0. The van der Waals surface area contributed by atoms with E-state index in [-0.39, 0.29) is 11.5 Å². The summed E-state index contributed by atoms with van der Waals surface area (Å²) in [6.07, 6.45) is 3.06. The number of hydrogen-bond donors (Lipinski definition) is 2. The van der Waals surface area contributed by atoms with Gasteiger partial charge < -0.3 is 10.6 Å². The first-order chi connectivity index (χ1) is 10.0. The molecule has 0 atom stereocenters. The van der Waals surface area contributed by atoms with Crippen LogP contribution in [0.5, 0.6) is 0 Å². The van der Waals surface area contributed by atoms with Crippen LogP contribution in [0.25, 0.3) is 0 Å². The summed E-state index contributed by atoms with van der Waals surface area (Å²) in [5, 5.41) is 21.2. The van der Waals surface area contributed by atoms with Crippen molar-refractivity contribution in [1.82, 2.24) is 19.7 Å². The Morgan fingerprint density at radius 1 is 1.43 bits per heavy atom. The lowest BCUT2D eigenvalue weighted by Crippen LogP contribution is -2.09. The Morgan fingerprint density at radius 2 is 2.19 bits per heavy atom. The first-order valence-electron chi connectivity index (χ1n) is 6.49. The summed E-state index contributed by atoms with van der Waals surface area (Å²) in [5.74, 6) is 0.544. The van der Waals surface area contributed by atoms with Gasteiger partial charge in [-0.2, -0.15) is 10.1 Å². The van der Waals surface area contributed by atoms with E-state index in [1.165, 1.54) is 6.20 Å². The summed E-state index contributed by atoms with van der Waals surface area (Å²) in [5.41, 5.74) is 1.67. The van der Waals surface area contributed by atoms with Gasteiger partial charge >= 0.3 is 5.69 Å². The second-order valence-corrected chi connectivity index (χ2v) is 4.48. The van der Waals surface area contributed by atoms with Gasteiger partial charge in [-0.15, -0.1) is 0 Å². The predicted octanol–water partition coefficient (Wildman–Crippen LogP) is 1.47. The molecule has 9 nitrogen and oxygen atoms in total. The van der Waals surface area contributed by atoms with Gasteiger partial charge in [0.15, 0.2) is 0 Å². The van der Waals surface area contributed by atoms with E-state index in [2.05, 4.69) is 25.7 Å². The molecule has 0 amide bonds. The molecule has 0 spiro atoms. The largest absolute Gasteiger partial charge is 0.360 e. The standard InChI is InChI=1S/C12H17N7O2/c1-4-13-12-15-6-10(19(20)21)11(16-12)14-5-9-7-18(3)17-8(9)2/h6-7H,4-5H2,1-3H3,(H2,13,14,15,16). The van der Waals surface area contributed by atoms with Crippen LogP contribution in [0.1, 0.15) is 18.2 Å². The molecule has 0 radical (unpaired) electrons. The Morgan fingerprint density at radius 3 is 2.76 bits per heavy atom. The van der Waals surface area contributed by atoms with Crippen molar-refractivity contribution in [1.29, 1.82) is 0 Å². The third kappa shape index (κ3) is 3.44. The fraction of sp³-hybridized carbons (Fsp3) is 0.417. The van der Waals surface area contributed by atoms with Crippen LogP contribution < -0.4 is 10.6 Å². The van der Waals surface area contributed by atoms with E-state index in [0.29, 0.717) is 19.0 Å². The van der Waals surface area contributed by atoms with Gasteiger partial charge in [-0.3, -0.25) is 14.8 Å². The summed E-state index contributed by atoms with van der Waals surface area (Å²) >= 11 is 0. The average molecular weight is 291 g/mol. The lowest BCUT2D eigenvalue weighted by Gasteiger charge is -2.07. The van der Waals surface area contributed by atoms with Crippen LogP contribution in [0.3, 0.4) is 0 Å². The molecule has 2 N–H and O–H groups in total. The Labute approximate surface area is 121 Å². The highest BCUT2D eigenvalue weighted by Gasteiger charge is 2.17. The van der Waals surface area contributed by atoms with E-state index < -0.39 is 4.92 Å². The first-order valence-corrected chi connectivity index (χ1v) is 6.49. The van der Waals surface area contributed by atoms with Gasteiger partial charge in [0.1, 0.15) is 6.20 Å². The fourth-order valence-corrected chi connectivity index (χ4v) is 1.88. The van der Waals surface area contributed by atoms with Crippen LogP contribution >= 0.6 is 0 Å². The first kappa shape index (κ1) is 14.7. The summed E-state index contributed by atoms with van der Waals surface area (Å²) in [6, 6.07) is 0. The third-order valence-corrected chi connectivity index (χ3v) is 2.86. The number of nitro groups is 1. The number of nitrogens with one attached hydrogen (secondary N) is 2. The van der Waals surface area contributed by atoms with Crippen molar-refractivity contribution in [3.05, 3.63) is 33.8 Å². The molecule has 0 saturated carbocycles. The molecule has 112 valence electrons. The molecule has 0 bridgehead atoms. The van der Waals surface area contributed by atoms with Gasteiger partial charge in [0, 0.05) is 31.9 Å². The summed E-state index contributed by atoms with van der Waals surface area (Å²) < 4.78 is 1.70. The van der Waals surface area contributed by atoms with Crippen molar-refractivity contribution in [3.8, 4) is 0 Å². The van der Waals surface area contributed by atoms with E-state index in [1.54, 1.807) is 4.68 Å². The van der Waals surface area contributed by atoms with Crippen molar-refractivity contribution in [2.75, 3.05) is 17.2 Å². The molecule has 0 saturated heterocycles. The van der Waals surface area contributed by atoms with Crippen molar-refractivity contribution in [3.63, 3.8) is 0 Å². The van der Waals surface area contributed by atoms with Gasteiger partial charge in [0.25, 0.3) is 0 Å². The second-order valence-electron chi connectivity index (χ2n) is 4.48. The van der Waals surface area contributed by atoms with E-state index in [9.17, 15) is 10.1 Å². The minimum Gasteiger partial charge on any atom is -0.360 e. The van der Waals surface area contributed by atoms with Crippen LogP contribution in [-0.4, -0.2) is 31.2 Å². The van der Waals surface area contributed by atoms with Crippen LogP contribution in [0.15, 0.2) is 12.4 Å². The molecule has 2 rings (SSSR count). The molecule has 0 unspecified atom stereocenters. The molecule has 0 aliphatic heterocycles. The van der Waals surface area contributed by atoms with Gasteiger partial charge in [0.05, 0.1) is 10.6 Å². The van der Waals surface area contributed by atoms with Crippen molar-refractivity contribution < 1.29 is 4.92 Å². The second kappa shape index (κ2) is 6.16. The van der Waals surface area contributed by atoms with Gasteiger partial charge in [-0.25, -0.2) is 4.98 Å². The van der Waals surface area contributed by atoms with Crippen molar-refractivity contribution in [2.45, 2.75) is 20.4 Å². The van der Waals surface area contributed by atoms with Crippen LogP contribution in [0.4, 0.5) is 17.5 Å². The smallest absolute Gasteiger partial charge is 0.329 e. The van der Waals surface area contributed by atoms with E-state index >= 15 is 0 Å². The van der Waals surface area contributed by atoms with Crippen LogP contribution in [0, 0.1) is 17.0 Å². The lowest BCUT2D eigenvalue weighted by molar-refractivity contribution is -0.384. The molecule has 2 aromatic heterocycles.